The van der Waals surface area contributed by atoms with Crippen LogP contribution in [0, 0.1) is 5.92 Å². The van der Waals surface area contributed by atoms with E-state index >= 15 is 0 Å². The maximum absolute atomic E-state index is 12.9. The predicted octanol–water partition coefficient (Wildman–Crippen LogP) is 3.48. The fraction of sp³-hybridized carbons (Fsp3) is 0.368. The van der Waals surface area contributed by atoms with Crippen molar-refractivity contribution in [1.82, 2.24) is 10.2 Å². The summed E-state index contributed by atoms with van der Waals surface area (Å²) in [4.78, 5) is 28.4. The smallest absolute Gasteiger partial charge is 0.319 e. The molecule has 1 aliphatic rings. The van der Waals surface area contributed by atoms with Gasteiger partial charge in [0.25, 0.3) is 0 Å². The fourth-order valence-corrected chi connectivity index (χ4v) is 3.87. The van der Waals surface area contributed by atoms with Crippen molar-refractivity contribution >= 4 is 29.0 Å². The summed E-state index contributed by atoms with van der Waals surface area (Å²) in [5.41, 5.74) is 1.93. The normalized spacial score (nSPS) is 14.8. The molecule has 132 valence electrons. The topological polar surface area (TPSA) is 61.4 Å². The highest BCUT2D eigenvalue weighted by Gasteiger charge is 2.30. The molecule has 5 nitrogen and oxygen atoms in total. The van der Waals surface area contributed by atoms with Crippen molar-refractivity contribution in [3.8, 4) is 0 Å². The van der Waals surface area contributed by atoms with E-state index in [1.165, 1.54) is 10.4 Å². The van der Waals surface area contributed by atoms with E-state index in [1.54, 1.807) is 11.3 Å². The number of benzene rings is 1. The summed E-state index contributed by atoms with van der Waals surface area (Å²) in [6, 6.07) is 10.4. The molecule has 1 aromatic heterocycles. The van der Waals surface area contributed by atoms with Crippen LogP contribution in [0.4, 0.5) is 10.5 Å². The molecule has 0 saturated heterocycles. The minimum atomic E-state index is -0.538. The molecular formula is C19H23N3O2S. The number of hydrogen-bond acceptors (Lipinski definition) is 3. The van der Waals surface area contributed by atoms with Gasteiger partial charge < -0.3 is 15.5 Å². The lowest BCUT2D eigenvalue weighted by molar-refractivity contribution is -0.135. The van der Waals surface area contributed by atoms with Crippen LogP contribution in [0.15, 0.2) is 41.8 Å². The van der Waals surface area contributed by atoms with Crippen molar-refractivity contribution in [1.29, 1.82) is 0 Å². The summed E-state index contributed by atoms with van der Waals surface area (Å²) < 4.78 is 0. The largest absolute Gasteiger partial charge is 0.336 e. The molecule has 0 radical (unpaired) electrons. The quantitative estimate of drug-likeness (QED) is 0.880. The fourth-order valence-electron chi connectivity index (χ4n) is 2.98. The molecule has 2 aromatic rings. The average Bonchev–Trinajstić information content (AvgIpc) is 3.07. The second-order valence-electron chi connectivity index (χ2n) is 6.56. The van der Waals surface area contributed by atoms with Gasteiger partial charge in [-0.2, -0.15) is 0 Å². The minimum absolute atomic E-state index is 0.0119. The molecule has 1 aromatic carbocycles. The second-order valence-corrected chi connectivity index (χ2v) is 7.57. The SMILES string of the molecule is CC(C)C(NC(=O)Nc1ccccc1)C(=O)N1CCc2sccc2C1. The molecule has 3 amide bonds. The zero-order valence-electron chi connectivity index (χ0n) is 14.5. The second kappa shape index (κ2) is 7.70. The van der Waals surface area contributed by atoms with Gasteiger partial charge in [-0.05, 0) is 41.5 Å². The Labute approximate surface area is 152 Å². The Morgan fingerprint density at radius 2 is 1.92 bits per heavy atom. The van der Waals surface area contributed by atoms with Gasteiger partial charge in [-0.25, -0.2) is 4.79 Å². The lowest BCUT2D eigenvalue weighted by Gasteiger charge is -2.32. The van der Waals surface area contributed by atoms with E-state index in [9.17, 15) is 9.59 Å². The number of anilines is 1. The van der Waals surface area contributed by atoms with E-state index in [0.29, 0.717) is 18.8 Å². The first kappa shape index (κ1) is 17.5. The number of para-hydroxylation sites is 1. The third-order valence-electron chi connectivity index (χ3n) is 4.37. The number of nitrogens with zero attached hydrogens (tertiary/aromatic N) is 1. The van der Waals surface area contributed by atoms with Gasteiger partial charge in [0.2, 0.25) is 5.91 Å². The number of carbonyl (C=O) groups is 2. The summed E-state index contributed by atoms with van der Waals surface area (Å²) in [7, 11) is 0. The average molecular weight is 357 g/mol. The van der Waals surface area contributed by atoms with Gasteiger partial charge in [-0.15, -0.1) is 11.3 Å². The summed E-state index contributed by atoms with van der Waals surface area (Å²) in [6.07, 6.45) is 0.889. The van der Waals surface area contributed by atoms with Crippen LogP contribution in [0.5, 0.6) is 0 Å². The molecule has 0 bridgehead atoms. The molecule has 1 unspecified atom stereocenters. The maximum atomic E-state index is 12.9. The Hall–Kier alpha value is -2.34. The molecule has 2 N–H and O–H groups in total. The van der Waals surface area contributed by atoms with Crippen molar-refractivity contribution in [2.75, 3.05) is 11.9 Å². The third kappa shape index (κ3) is 4.20. The maximum Gasteiger partial charge on any atom is 0.319 e. The van der Waals surface area contributed by atoms with E-state index in [-0.39, 0.29) is 17.9 Å². The standard InChI is InChI=1S/C19H23N3O2S/c1-13(2)17(21-19(24)20-15-6-4-3-5-7-15)18(23)22-10-8-16-14(12-22)9-11-25-16/h3-7,9,11,13,17H,8,10,12H2,1-2H3,(H2,20,21,24). The highest BCUT2D eigenvalue weighted by Crippen LogP contribution is 2.25. The molecular weight excluding hydrogens is 334 g/mol. The molecule has 6 heteroatoms. The highest BCUT2D eigenvalue weighted by molar-refractivity contribution is 7.10. The zero-order chi connectivity index (χ0) is 17.8. The molecule has 0 saturated carbocycles. The predicted molar refractivity (Wildman–Crippen MR) is 101 cm³/mol. The lowest BCUT2D eigenvalue weighted by atomic mass is 10.0. The lowest BCUT2D eigenvalue weighted by Crippen LogP contribution is -2.53. The van der Waals surface area contributed by atoms with Gasteiger partial charge in [-0.3, -0.25) is 4.79 Å². The number of amides is 3. The van der Waals surface area contributed by atoms with Crippen molar-refractivity contribution < 1.29 is 9.59 Å². The Kier molecular flexibility index (Phi) is 5.38. The summed E-state index contributed by atoms with van der Waals surface area (Å²) in [5, 5.41) is 7.69. The van der Waals surface area contributed by atoms with Crippen molar-refractivity contribution in [3.63, 3.8) is 0 Å². The Bertz CT molecular complexity index is 742. The number of fused-ring (bicyclic) bond motifs is 1. The van der Waals surface area contributed by atoms with Crippen LogP contribution in [-0.2, 0) is 17.8 Å². The number of thiophene rings is 1. The third-order valence-corrected chi connectivity index (χ3v) is 5.39. The van der Waals surface area contributed by atoms with Gasteiger partial charge in [0.05, 0.1) is 0 Å². The van der Waals surface area contributed by atoms with Gasteiger partial charge in [-0.1, -0.05) is 32.0 Å². The number of nitrogens with one attached hydrogen (secondary N) is 2. The Balaban J connectivity index is 1.64. The first-order valence-corrected chi connectivity index (χ1v) is 9.39. The van der Waals surface area contributed by atoms with E-state index in [0.717, 1.165) is 6.42 Å². The summed E-state index contributed by atoms with van der Waals surface area (Å²) in [6.45, 7) is 5.23. The number of carbonyl (C=O) groups excluding carboxylic acids is 2. The first-order chi connectivity index (χ1) is 12.0. The van der Waals surface area contributed by atoms with E-state index < -0.39 is 6.04 Å². The van der Waals surface area contributed by atoms with Gasteiger partial charge in [0, 0.05) is 23.7 Å². The molecule has 0 aliphatic carbocycles. The van der Waals surface area contributed by atoms with E-state index in [4.69, 9.17) is 0 Å². The van der Waals surface area contributed by atoms with Crippen LogP contribution in [0.25, 0.3) is 0 Å². The molecule has 0 fully saturated rings. The van der Waals surface area contributed by atoms with Crippen LogP contribution in [0.2, 0.25) is 0 Å². The number of urea groups is 1. The van der Waals surface area contributed by atoms with Crippen LogP contribution < -0.4 is 10.6 Å². The molecule has 1 atom stereocenters. The van der Waals surface area contributed by atoms with Crippen LogP contribution in [0.1, 0.15) is 24.3 Å². The Morgan fingerprint density at radius 3 is 2.64 bits per heavy atom. The van der Waals surface area contributed by atoms with Crippen molar-refractivity contribution in [3.05, 3.63) is 52.2 Å². The number of hydrogen-bond donors (Lipinski definition) is 2. The van der Waals surface area contributed by atoms with Gasteiger partial charge in [0.15, 0.2) is 0 Å². The summed E-state index contributed by atoms with van der Waals surface area (Å²) >= 11 is 1.75. The zero-order valence-corrected chi connectivity index (χ0v) is 15.3. The van der Waals surface area contributed by atoms with E-state index in [1.807, 2.05) is 49.1 Å². The van der Waals surface area contributed by atoms with Crippen LogP contribution >= 0.6 is 11.3 Å². The summed E-state index contributed by atoms with van der Waals surface area (Å²) in [5.74, 6) is -0.00652. The van der Waals surface area contributed by atoms with Gasteiger partial charge in [0.1, 0.15) is 6.04 Å². The van der Waals surface area contributed by atoms with Crippen LogP contribution in [0.3, 0.4) is 0 Å². The number of rotatable bonds is 4. The van der Waals surface area contributed by atoms with E-state index in [2.05, 4.69) is 22.1 Å². The monoisotopic (exact) mass is 357 g/mol. The molecule has 0 spiro atoms. The Morgan fingerprint density at radius 1 is 1.16 bits per heavy atom. The molecule has 3 rings (SSSR count). The van der Waals surface area contributed by atoms with Crippen LogP contribution in [-0.4, -0.2) is 29.4 Å². The first-order valence-electron chi connectivity index (χ1n) is 8.51. The molecule has 25 heavy (non-hydrogen) atoms. The molecule has 2 heterocycles. The highest BCUT2D eigenvalue weighted by atomic mass is 32.1. The molecule has 1 aliphatic heterocycles. The van der Waals surface area contributed by atoms with Crippen molar-refractivity contribution in [2.45, 2.75) is 32.9 Å². The van der Waals surface area contributed by atoms with Crippen molar-refractivity contribution in [2.24, 2.45) is 5.92 Å². The minimum Gasteiger partial charge on any atom is -0.336 e. The van der Waals surface area contributed by atoms with Gasteiger partial charge >= 0.3 is 6.03 Å².